The molecule has 0 fully saturated rings. The third kappa shape index (κ3) is 4.32. The lowest BCUT2D eigenvalue weighted by atomic mass is 10.0. The Labute approximate surface area is 163 Å². The van der Waals surface area contributed by atoms with Crippen molar-refractivity contribution >= 4 is 51.8 Å². The average Bonchev–Trinajstić information content (AvgIpc) is 3.01. The van der Waals surface area contributed by atoms with E-state index in [1.807, 2.05) is 0 Å². The van der Waals surface area contributed by atoms with Crippen LogP contribution < -0.4 is 10.6 Å². The van der Waals surface area contributed by atoms with E-state index < -0.39 is 23.9 Å². The van der Waals surface area contributed by atoms with Crippen molar-refractivity contribution in [1.29, 1.82) is 0 Å². The molecule has 6 nitrogen and oxygen atoms in total. The minimum atomic E-state index is -1.27. The monoisotopic (exact) mass is 409 g/mol. The Morgan fingerprint density at radius 3 is 2.70 bits per heavy atom. The van der Waals surface area contributed by atoms with Gasteiger partial charge in [0, 0.05) is 28.5 Å². The highest BCUT2D eigenvalue weighted by atomic mass is 35.5. The Kier molecular flexibility index (Phi) is 5.53. The summed E-state index contributed by atoms with van der Waals surface area (Å²) in [4.78, 5) is 26.6. The molecule has 0 bridgehead atoms. The van der Waals surface area contributed by atoms with E-state index in [0.29, 0.717) is 21.5 Å². The average molecular weight is 410 g/mol. The summed E-state index contributed by atoms with van der Waals surface area (Å²) in [5.74, 6) is -1.72. The molecule has 0 saturated heterocycles. The number of aliphatic carboxylic acids is 1. The molecule has 0 spiro atoms. The van der Waals surface area contributed by atoms with Crippen LogP contribution in [0.25, 0.3) is 10.9 Å². The summed E-state index contributed by atoms with van der Waals surface area (Å²) in [5, 5.41) is 15.2. The van der Waals surface area contributed by atoms with E-state index in [-0.39, 0.29) is 17.1 Å². The molecule has 140 valence electrons. The molecule has 0 aliphatic carbocycles. The number of halogens is 3. The Bertz CT molecular complexity index is 1020. The van der Waals surface area contributed by atoms with Crippen molar-refractivity contribution in [3.8, 4) is 0 Å². The van der Waals surface area contributed by atoms with E-state index in [2.05, 4.69) is 15.6 Å². The van der Waals surface area contributed by atoms with Crippen molar-refractivity contribution in [2.45, 2.75) is 12.5 Å². The molecule has 3 aromatic rings. The number of carbonyl (C=O) groups is 2. The zero-order valence-electron chi connectivity index (χ0n) is 13.7. The molecule has 0 saturated carbocycles. The van der Waals surface area contributed by atoms with E-state index in [4.69, 9.17) is 23.2 Å². The molecule has 2 amide bonds. The van der Waals surface area contributed by atoms with Crippen LogP contribution in [0.15, 0.2) is 42.6 Å². The standard InChI is InChI=1S/C18H14Cl2FN3O3/c19-10-4-5-13(11(20)7-10)23-18(27)24-15(17(25)26)6-9-8-22-14-3-1-2-12(21)16(9)14/h1-5,7-8,15,22H,6H2,(H,25,26)(H2,23,24,27). The van der Waals surface area contributed by atoms with Crippen LogP contribution in [0.1, 0.15) is 5.56 Å². The molecule has 4 N–H and O–H groups in total. The molecule has 27 heavy (non-hydrogen) atoms. The van der Waals surface area contributed by atoms with Gasteiger partial charge in [-0.1, -0.05) is 29.3 Å². The van der Waals surface area contributed by atoms with Crippen LogP contribution in [0.5, 0.6) is 0 Å². The van der Waals surface area contributed by atoms with Crippen molar-refractivity contribution in [2.75, 3.05) is 5.32 Å². The molecule has 0 aliphatic heterocycles. The molecule has 2 aromatic carbocycles. The maximum Gasteiger partial charge on any atom is 0.326 e. The van der Waals surface area contributed by atoms with Gasteiger partial charge in [-0.05, 0) is 35.9 Å². The van der Waals surface area contributed by atoms with Crippen molar-refractivity contribution in [3.63, 3.8) is 0 Å². The van der Waals surface area contributed by atoms with Gasteiger partial charge in [-0.25, -0.2) is 14.0 Å². The topological polar surface area (TPSA) is 94.2 Å². The van der Waals surface area contributed by atoms with Crippen LogP contribution in [0, 0.1) is 5.82 Å². The first-order valence-electron chi connectivity index (χ1n) is 7.85. The van der Waals surface area contributed by atoms with Gasteiger partial charge in [0.25, 0.3) is 0 Å². The molecular formula is C18H14Cl2FN3O3. The number of carboxylic acids is 1. The second-order valence-electron chi connectivity index (χ2n) is 5.79. The lowest BCUT2D eigenvalue weighted by molar-refractivity contribution is -0.139. The molecule has 3 rings (SSSR count). The summed E-state index contributed by atoms with van der Waals surface area (Å²) in [6.07, 6.45) is 1.43. The number of hydrogen-bond donors (Lipinski definition) is 4. The van der Waals surface area contributed by atoms with Crippen LogP contribution in [-0.4, -0.2) is 28.1 Å². The van der Waals surface area contributed by atoms with Crippen molar-refractivity contribution in [1.82, 2.24) is 10.3 Å². The summed E-state index contributed by atoms with van der Waals surface area (Å²) in [7, 11) is 0. The number of carboxylic acid groups (broad SMARTS) is 1. The number of nitrogens with one attached hydrogen (secondary N) is 3. The molecule has 1 atom stereocenters. The number of carbonyl (C=O) groups excluding carboxylic acids is 1. The van der Waals surface area contributed by atoms with Gasteiger partial charge in [0.15, 0.2) is 0 Å². The van der Waals surface area contributed by atoms with Gasteiger partial charge in [-0.15, -0.1) is 0 Å². The van der Waals surface area contributed by atoms with E-state index in [1.165, 1.54) is 30.5 Å². The normalized spacial score (nSPS) is 12.0. The van der Waals surface area contributed by atoms with Gasteiger partial charge in [-0.3, -0.25) is 0 Å². The lowest BCUT2D eigenvalue weighted by Crippen LogP contribution is -2.44. The summed E-state index contributed by atoms with van der Waals surface area (Å²) >= 11 is 11.8. The molecule has 1 aromatic heterocycles. The van der Waals surface area contributed by atoms with Crippen LogP contribution in [-0.2, 0) is 11.2 Å². The Balaban J connectivity index is 1.75. The van der Waals surface area contributed by atoms with Gasteiger partial charge in [0.1, 0.15) is 11.9 Å². The fraction of sp³-hybridized carbons (Fsp3) is 0.111. The fourth-order valence-corrected chi connectivity index (χ4v) is 3.15. The Morgan fingerprint density at radius 1 is 1.22 bits per heavy atom. The molecule has 1 heterocycles. The molecule has 1 unspecified atom stereocenters. The van der Waals surface area contributed by atoms with Gasteiger partial charge in [0.05, 0.1) is 10.7 Å². The smallest absolute Gasteiger partial charge is 0.326 e. The van der Waals surface area contributed by atoms with Gasteiger partial charge >= 0.3 is 12.0 Å². The third-order valence-corrected chi connectivity index (χ3v) is 4.49. The Morgan fingerprint density at radius 2 is 2.00 bits per heavy atom. The van der Waals surface area contributed by atoms with Crippen molar-refractivity contribution in [2.24, 2.45) is 0 Å². The zero-order chi connectivity index (χ0) is 19.6. The van der Waals surface area contributed by atoms with E-state index in [1.54, 1.807) is 12.1 Å². The van der Waals surface area contributed by atoms with Gasteiger partial charge in [-0.2, -0.15) is 0 Å². The van der Waals surface area contributed by atoms with Crippen molar-refractivity contribution in [3.05, 3.63) is 64.0 Å². The summed E-state index contributed by atoms with van der Waals surface area (Å²) < 4.78 is 14.1. The molecular weight excluding hydrogens is 396 g/mol. The minimum absolute atomic E-state index is 0.0992. The van der Waals surface area contributed by atoms with Crippen LogP contribution >= 0.6 is 23.2 Å². The zero-order valence-corrected chi connectivity index (χ0v) is 15.2. The largest absolute Gasteiger partial charge is 0.480 e. The highest BCUT2D eigenvalue weighted by Crippen LogP contribution is 2.25. The quantitative estimate of drug-likeness (QED) is 0.501. The minimum Gasteiger partial charge on any atom is -0.480 e. The second kappa shape index (κ2) is 7.85. The number of anilines is 1. The van der Waals surface area contributed by atoms with Gasteiger partial charge < -0.3 is 20.7 Å². The number of urea groups is 1. The van der Waals surface area contributed by atoms with Crippen LogP contribution in [0.2, 0.25) is 10.0 Å². The third-order valence-electron chi connectivity index (χ3n) is 3.94. The number of fused-ring (bicyclic) bond motifs is 1. The second-order valence-corrected chi connectivity index (χ2v) is 6.64. The van der Waals surface area contributed by atoms with Crippen LogP contribution in [0.4, 0.5) is 14.9 Å². The van der Waals surface area contributed by atoms with Crippen LogP contribution in [0.3, 0.4) is 0 Å². The number of benzene rings is 2. The maximum absolute atomic E-state index is 14.1. The first kappa shape index (κ1) is 19.0. The van der Waals surface area contributed by atoms with Crippen molar-refractivity contribution < 1.29 is 19.1 Å². The number of aromatic nitrogens is 1. The Hall–Kier alpha value is -2.77. The predicted octanol–water partition coefficient (Wildman–Crippen LogP) is 4.43. The first-order chi connectivity index (χ1) is 12.8. The number of H-pyrrole nitrogens is 1. The number of rotatable bonds is 5. The fourth-order valence-electron chi connectivity index (χ4n) is 2.70. The van der Waals surface area contributed by atoms with E-state index >= 15 is 0 Å². The predicted molar refractivity (Wildman–Crippen MR) is 102 cm³/mol. The number of amides is 2. The summed E-state index contributed by atoms with van der Waals surface area (Å²) in [6, 6.07) is 6.97. The first-order valence-corrected chi connectivity index (χ1v) is 8.60. The van der Waals surface area contributed by atoms with E-state index in [9.17, 15) is 19.1 Å². The SMILES string of the molecule is O=C(Nc1ccc(Cl)cc1Cl)NC(Cc1c[nH]c2cccc(F)c12)C(=O)O. The highest BCUT2D eigenvalue weighted by molar-refractivity contribution is 6.36. The van der Waals surface area contributed by atoms with E-state index in [0.717, 1.165) is 0 Å². The molecule has 9 heteroatoms. The maximum atomic E-state index is 14.1. The number of hydrogen-bond acceptors (Lipinski definition) is 2. The molecule has 0 aliphatic rings. The lowest BCUT2D eigenvalue weighted by Gasteiger charge is -2.15. The summed E-state index contributed by atoms with van der Waals surface area (Å²) in [6.45, 7) is 0. The molecule has 0 radical (unpaired) electrons. The highest BCUT2D eigenvalue weighted by Gasteiger charge is 2.23. The summed E-state index contributed by atoms with van der Waals surface area (Å²) in [5.41, 5.74) is 1.27. The van der Waals surface area contributed by atoms with Gasteiger partial charge in [0.2, 0.25) is 0 Å². The number of aromatic amines is 1.